The molecular formula is C28H31N3O3S. The molecule has 0 bridgehead atoms. The first-order chi connectivity index (χ1) is 17.0. The first-order valence-electron chi connectivity index (χ1n) is 12.3. The molecule has 0 saturated carbocycles. The molecule has 35 heavy (non-hydrogen) atoms. The van der Waals surface area contributed by atoms with Crippen LogP contribution in [0.5, 0.6) is 0 Å². The lowest BCUT2D eigenvalue weighted by Crippen LogP contribution is -2.48. The monoisotopic (exact) mass is 489 g/mol. The third-order valence-corrected chi connectivity index (χ3v) is 8.93. The van der Waals surface area contributed by atoms with E-state index in [1.165, 1.54) is 9.87 Å². The number of likely N-dealkylation sites (tertiary alicyclic amines) is 1. The second kappa shape index (κ2) is 10.2. The zero-order chi connectivity index (χ0) is 24.3. The number of anilines is 1. The van der Waals surface area contributed by atoms with Crippen molar-refractivity contribution in [2.45, 2.75) is 30.2 Å². The topological polar surface area (TPSA) is 60.9 Å². The molecule has 2 fully saturated rings. The quantitative estimate of drug-likeness (QED) is 0.524. The van der Waals surface area contributed by atoms with Crippen molar-refractivity contribution in [3.8, 4) is 0 Å². The SMILES string of the molecule is O=C(c1cccc(S(=O)(=O)N2CCN(c3ccccc3)CC2)c1)N1CCC[C@@H]1Cc1ccccc1. The Kier molecular flexibility index (Phi) is 6.88. The summed E-state index contributed by atoms with van der Waals surface area (Å²) in [4.78, 5) is 17.7. The smallest absolute Gasteiger partial charge is 0.254 e. The molecule has 5 rings (SSSR count). The number of hydrogen-bond acceptors (Lipinski definition) is 4. The molecule has 0 aromatic heterocycles. The van der Waals surface area contributed by atoms with Gasteiger partial charge < -0.3 is 9.80 Å². The molecule has 7 heteroatoms. The molecule has 3 aromatic carbocycles. The number of rotatable bonds is 6. The second-order valence-electron chi connectivity index (χ2n) is 9.24. The zero-order valence-electron chi connectivity index (χ0n) is 19.8. The van der Waals surface area contributed by atoms with Crippen LogP contribution in [0.3, 0.4) is 0 Å². The van der Waals surface area contributed by atoms with Crippen LogP contribution in [-0.4, -0.2) is 62.3 Å². The van der Waals surface area contributed by atoms with E-state index in [1.807, 2.05) is 53.4 Å². The molecule has 2 aliphatic heterocycles. The Hall–Kier alpha value is -3.16. The van der Waals surface area contributed by atoms with Gasteiger partial charge in [0.15, 0.2) is 0 Å². The van der Waals surface area contributed by atoms with Gasteiger partial charge in [-0.1, -0.05) is 54.6 Å². The van der Waals surface area contributed by atoms with Crippen LogP contribution in [0, 0.1) is 0 Å². The summed E-state index contributed by atoms with van der Waals surface area (Å²) >= 11 is 0. The van der Waals surface area contributed by atoms with Crippen molar-refractivity contribution in [1.82, 2.24) is 9.21 Å². The third kappa shape index (κ3) is 5.11. The standard InChI is InChI=1S/C28H31N3O3S/c32-28(31-16-8-14-26(31)21-23-9-3-1-4-10-23)24-11-7-15-27(22-24)35(33,34)30-19-17-29(18-20-30)25-12-5-2-6-13-25/h1-7,9-13,15,22,26H,8,14,16-21H2/t26-/m1/s1. The number of carbonyl (C=O) groups excluding carboxylic acids is 1. The Morgan fingerprint density at radius 2 is 1.49 bits per heavy atom. The first kappa shape index (κ1) is 23.6. The molecule has 0 radical (unpaired) electrons. The molecule has 0 N–H and O–H groups in total. The highest BCUT2D eigenvalue weighted by Gasteiger charge is 2.32. The van der Waals surface area contributed by atoms with Gasteiger partial charge in [0, 0.05) is 50.0 Å². The molecule has 2 saturated heterocycles. The molecule has 0 spiro atoms. The normalized spacial score (nSPS) is 19.1. The van der Waals surface area contributed by atoms with Crippen molar-refractivity contribution in [1.29, 1.82) is 0 Å². The number of nitrogens with zero attached hydrogens (tertiary/aromatic N) is 3. The Bertz CT molecular complexity index is 1260. The Morgan fingerprint density at radius 1 is 0.800 bits per heavy atom. The highest BCUT2D eigenvalue weighted by Crippen LogP contribution is 2.26. The van der Waals surface area contributed by atoms with Gasteiger partial charge in [0.25, 0.3) is 5.91 Å². The molecule has 3 aromatic rings. The summed E-state index contributed by atoms with van der Waals surface area (Å²) in [6.07, 6.45) is 2.74. The fourth-order valence-corrected chi connectivity index (χ4v) is 6.60. The molecule has 0 unspecified atom stereocenters. The van der Waals surface area contributed by atoms with Gasteiger partial charge >= 0.3 is 0 Å². The molecule has 182 valence electrons. The van der Waals surface area contributed by atoms with Crippen LogP contribution in [0.15, 0.2) is 89.8 Å². The Balaban J connectivity index is 1.29. The van der Waals surface area contributed by atoms with Crippen LogP contribution in [0.2, 0.25) is 0 Å². The first-order valence-corrected chi connectivity index (χ1v) is 13.7. The lowest BCUT2D eigenvalue weighted by atomic mass is 10.0. The maximum absolute atomic E-state index is 13.4. The van der Waals surface area contributed by atoms with E-state index in [-0.39, 0.29) is 16.8 Å². The molecule has 1 amide bonds. The predicted octanol–water partition coefficient (Wildman–Crippen LogP) is 4.04. The van der Waals surface area contributed by atoms with Crippen LogP contribution in [0.1, 0.15) is 28.8 Å². The fraction of sp³-hybridized carbons (Fsp3) is 0.321. The van der Waals surface area contributed by atoms with Crippen LogP contribution in [0.25, 0.3) is 0 Å². The maximum atomic E-state index is 13.4. The van der Waals surface area contributed by atoms with Crippen molar-refractivity contribution in [3.63, 3.8) is 0 Å². The van der Waals surface area contributed by atoms with Crippen LogP contribution < -0.4 is 4.90 Å². The third-order valence-electron chi connectivity index (χ3n) is 7.03. The van der Waals surface area contributed by atoms with Crippen molar-refractivity contribution in [2.24, 2.45) is 0 Å². The second-order valence-corrected chi connectivity index (χ2v) is 11.2. The molecule has 2 heterocycles. The number of sulfonamides is 1. The van der Waals surface area contributed by atoms with Gasteiger partial charge in [0.1, 0.15) is 0 Å². The summed E-state index contributed by atoms with van der Waals surface area (Å²) in [5.41, 5.74) is 2.75. The van der Waals surface area contributed by atoms with Gasteiger partial charge in [-0.3, -0.25) is 4.79 Å². The van der Waals surface area contributed by atoms with Crippen molar-refractivity contribution in [3.05, 3.63) is 96.1 Å². The molecule has 6 nitrogen and oxygen atoms in total. The average Bonchev–Trinajstić information content (AvgIpc) is 3.37. The van der Waals surface area contributed by atoms with Crippen LogP contribution in [-0.2, 0) is 16.4 Å². The minimum absolute atomic E-state index is 0.0885. The fourth-order valence-electron chi connectivity index (χ4n) is 5.13. The van der Waals surface area contributed by atoms with Crippen molar-refractivity contribution in [2.75, 3.05) is 37.6 Å². The highest BCUT2D eigenvalue weighted by atomic mass is 32.2. The van der Waals surface area contributed by atoms with E-state index in [4.69, 9.17) is 0 Å². The van der Waals surface area contributed by atoms with E-state index in [1.54, 1.807) is 24.3 Å². The number of benzene rings is 3. The summed E-state index contributed by atoms with van der Waals surface area (Å²) in [5, 5.41) is 0. The summed E-state index contributed by atoms with van der Waals surface area (Å²) in [7, 11) is -3.67. The largest absolute Gasteiger partial charge is 0.369 e. The minimum Gasteiger partial charge on any atom is -0.369 e. The Labute approximate surface area is 207 Å². The van der Waals surface area contributed by atoms with Gasteiger partial charge in [0.2, 0.25) is 10.0 Å². The number of amides is 1. The van der Waals surface area contributed by atoms with Crippen LogP contribution in [0.4, 0.5) is 5.69 Å². The minimum atomic E-state index is -3.67. The zero-order valence-corrected chi connectivity index (χ0v) is 20.6. The van der Waals surface area contributed by atoms with Crippen LogP contribution >= 0.6 is 0 Å². The van der Waals surface area contributed by atoms with Gasteiger partial charge in [-0.05, 0) is 55.2 Å². The average molecular weight is 490 g/mol. The predicted molar refractivity (Wildman–Crippen MR) is 138 cm³/mol. The van der Waals surface area contributed by atoms with E-state index in [9.17, 15) is 13.2 Å². The van der Waals surface area contributed by atoms with Gasteiger partial charge in [-0.2, -0.15) is 4.31 Å². The summed E-state index contributed by atoms with van der Waals surface area (Å²) in [6, 6.07) is 27.0. The molecule has 0 aliphatic carbocycles. The molecule has 1 atom stereocenters. The lowest BCUT2D eigenvalue weighted by Gasteiger charge is -2.35. The Morgan fingerprint density at radius 3 is 2.20 bits per heavy atom. The van der Waals surface area contributed by atoms with E-state index >= 15 is 0 Å². The maximum Gasteiger partial charge on any atom is 0.254 e. The molecule has 2 aliphatic rings. The highest BCUT2D eigenvalue weighted by molar-refractivity contribution is 7.89. The number of carbonyl (C=O) groups is 1. The van der Waals surface area contributed by atoms with Crippen molar-refractivity contribution < 1.29 is 13.2 Å². The van der Waals surface area contributed by atoms with Gasteiger partial charge in [0.05, 0.1) is 4.90 Å². The van der Waals surface area contributed by atoms with Crippen molar-refractivity contribution >= 4 is 21.6 Å². The summed E-state index contributed by atoms with van der Waals surface area (Å²) in [6.45, 7) is 2.81. The van der Waals surface area contributed by atoms with E-state index in [0.29, 0.717) is 38.3 Å². The number of para-hydroxylation sites is 1. The lowest BCUT2D eigenvalue weighted by molar-refractivity contribution is 0.0736. The number of piperazine rings is 1. The van der Waals surface area contributed by atoms with E-state index in [0.717, 1.165) is 24.9 Å². The van der Waals surface area contributed by atoms with E-state index in [2.05, 4.69) is 17.0 Å². The molecular weight excluding hydrogens is 458 g/mol. The van der Waals surface area contributed by atoms with E-state index < -0.39 is 10.0 Å². The van der Waals surface area contributed by atoms with Gasteiger partial charge in [-0.25, -0.2) is 8.42 Å². The number of hydrogen-bond donors (Lipinski definition) is 0. The van der Waals surface area contributed by atoms with Gasteiger partial charge in [-0.15, -0.1) is 0 Å². The summed E-state index contributed by atoms with van der Waals surface area (Å²) < 4.78 is 28.4. The summed E-state index contributed by atoms with van der Waals surface area (Å²) in [5.74, 6) is -0.0885.